The van der Waals surface area contributed by atoms with Crippen LogP contribution in [0.4, 0.5) is 27.8 Å². The minimum atomic E-state index is -4.89. The molecule has 3 N–H and O–H groups in total. The number of primary amides is 1. The van der Waals surface area contributed by atoms with Crippen molar-refractivity contribution in [3.8, 4) is 5.75 Å². The average molecular weight is 473 g/mol. The second-order valence-corrected chi connectivity index (χ2v) is 7.72. The van der Waals surface area contributed by atoms with Gasteiger partial charge in [-0.25, -0.2) is 9.37 Å². The van der Waals surface area contributed by atoms with E-state index in [2.05, 4.69) is 10.3 Å². The smallest absolute Gasteiger partial charge is 0.417 e. The predicted molar refractivity (Wildman–Crippen MR) is 106 cm³/mol. The topological polar surface area (TPSA) is 104 Å². The molecular weight excluding hydrogens is 453 g/mol. The Morgan fingerprint density at radius 3 is 2.48 bits per heavy atom. The van der Waals surface area contributed by atoms with Crippen molar-refractivity contribution in [2.45, 2.75) is 37.6 Å². The van der Waals surface area contributed by atoms with Crippen molar-refractivity contribution in [1.29, 1.82) is 0 Å². The van der Waals surface area contributed by atoms with Crippen LogP contribution in [0, 0.1) is 17.6 Å². The Labute approximate surface area is 185 Å². The van der Waals surface area contributed by atoms with Gasteiger partial charge in [-0.3, -0.25) is 9.59 Å². The fourth-order valence-electron chi connectivity index (χ4n) is 3.89. The molecule has 33 heavy (non-hydrogen) atoms. The molecule has 2 heterocycles. The first-order valence-corrected chi connectivity index (χ1v) is 9.65. The van der Waals surface area contributed by atoms with E-state index in [1.807, 2.05) is 0 Å². The Morgan fingerprint density at radius 2 is 1.91 bits per heavy atom. The summed E-state index contributed by atoms with van der Waals surface area (Å²) in [6, 6.07) is 4.20. The SMILES string of the molecule is COc1c([C@@H]2[C@@H](C(=O)Nc3cc(C(N)=O)ccn3)O[C@@](C)(C(F)(F)F)[C@@H]2C)ccc(F)c1F. The summed E-state index contributed by atoms with van der Waals surface area (Å²) in [5.74, 6) is -8.10. The molecule has 7 nitrogen and oxygen atoms in total. The molecule has 2 amide bonds. The molecule has 0 bridgehead atoms. The van der Waals surface area contributed by atoms with Crippen LogP contribution in [0.3, 0.4) is 0 Å². The number of benzene rings is 1. The van der Waals surface area contributed by atoms with Crippen LogP contribution >= 0.6 is 0 Å². The van der Waals surface area contributed by atoms with E-state index in [4.69, 9.17) is 15.2 Å². The van der Waals surface area contributed by atoms with Crippen LogP contribution in [0.25, 0.3) is 0 Å². The van der Waals surface area contributed by atoms with Crippen LogP contribution in [0.2, 0.25) is 0 Å². The van der Waals surface area contributed by atoms with Crippen molar-refractivity contribution in [3.05, 3.63) is 53.2 Å². The summed E-state index contributed by atoms with van der Waals surface area (Å²) in [6.07, 6.45) is -5.51. The average Bonchev–Trinajstić information content (AvgIpc) is 3.02. The number of nitrogens with one attached hydrogen (secondary N) is 1. The lowest BCUT2D eigenvalue weighted by Crippen LogP contribution is -2.47. The van der Waals surface area contributed by atoms with Gasteiger partial charge in [0.2, 0.25) is 11.7 Å². The van der Waals surface area contributed by atoms with E-state index in [0.717, 1.165) is 32.2 Å². The fraction of sp³-hybridized carbons (Fsp3) is 0.381. The minimum absolute atomic E-state index is 0.0000342. The molecule has 0 radical (unpaired) electrons. The van der Waals surface area contributed by atoms with Crippen LogP contribution in [0.15, 0.2) is 30.5 Å². The van der Waals surface area contributed by atoms with Crippen molar-refractivity contribution in [1.82, 2.24) is 4.98 Å². The molecule has 1 aromatic heterocycles. The maximum atomic E-state index is 14.3. The first-order chi connectivity index (χ1) is 15.3. The molecule has 0 unspecified atom stereocenters. The molecule has 0 saturated carbocycles. The summed E-state index contributed by atoms with van der Waals surface area (Å²) in [6.45, 7) is 1.97. The standard InChI is InChI=1S/C21H20F5N3O4/c1-9-14(11-4-5-12(22)15(23)16(11)32-3)17(33-20(9,2)21(24,25)26)19(31)29-13-8-10(18(27)30)6-7-28-13/h4-9,14,17H,1-3H3,(H2,27,30)(H,28,29,31)/t9-,14-,17+,20-/m1/s1. The highest BCUT2D eigenvalue weighted by Crippen LogP contribution is 2.54. The molecule has 1 aliphatic heterocycles. The lowest BCUT2D eigenvalue weighted by Gasteiger charge is -2.32. The van der Waals surface area contributed by atoms with Gasteiger partial charge in [-0.05, 0) is 25.1 Å². The number of hydrogen-bond donors (Lipinski definition) is 2. The lowest BCUT2D eigenvalue weighted by atomic mass is 9.77. The largest absolute Gasteiger partial charge is 0.493 e. The third kappa shape index (κ3) is 4.22. The first-order valence-electron chi connectivity index (χ1n) is 9.65. The molecule has 3 rings (SSSR count). The van der Waals surface area contributed by atoms with Crippen molar-refractivity contribution >= 4 is 17.6 Å². The Bertz CT molecular complexity index is 1090. The molecule has 1 fully saturated rings. The highest BCUT2D eigenvalue weighted by Gasteiger charge is 2.65. The van der Waals surface area contributed by atoms with Crippen molar-refractivity contribution < 1.29 is 41.0 Å². The van der Waals surface area contributed by atoms with Crippen molar-refractivity contribution in [3.63, 3.8) is 0 Å². The maximum absolute atomic E-state index is 14.3. The van der Waals surface area contributed by atoms with E-state index in [1.54, 1.807) is 0 Å². The van der Waals surface area contributed by atoms with E-state index in [9.17, 15) is 31.5 Å². The van der Waals surface area contributed by atoms with E-state index < -0.39 is 58.9 Å². The predicted octanol–water partition coefficient (Wildman–Crippen LogP) is 3.55. The summed E-state index contributed by atoms with van der Waals surface area (Å²) in [5.41, 5.74) is 2.22. The quantitative estimate of drug-likeness (QED) is 0.647. The van der Waals surface area contributed by atoms with Crippen LogP contribution < -0.4 is 15.8 Å². The van der Waals surface area contributed by atoms with Crippen LogP contribution in [-0.2, 0) is 9.53 Å². The number of amides is 2. The Hall–Kier alpha value is -3.28. The van der Waals surface area contributed by atoms with Crippen LogP contribution in [-0.4, -0.2) is 41.8 Å². The second kappa shape index (κ2) is 8.58. The fourth-order valence-corrected chi connectivity index (χ4v) is 3.89. The molecule has 1 aromatic carbocycles. The van der Waals surface area contributed by atoms with Crippen LogP contribution in [0.1, 0.15) is 35.7 Å². The van der Waals surface area contributed by atoms with Gasteiger partial charge in [0, 0.05) is 29.2 Å². The summed E-state index contributed by atoms with van der Waals surface area (Å²) < 4.78 is 80.0. The number of nitrogens with zero attached hydrogens (tertiary/aromatic N) is 1. The highest BCUT2D eigenvalue weighted by molar-refractivity contribution is 5.97. The molecule has 178 valence electrons. The number of hydrogen-bond acceptors (Lipinski definition) is 5. The zero-order valence-corrected chi connectivity index (χ0v) is 17.7. The van der Waals surface area contributed by atoms with Gasteiger partial charge in [0.15, 0.2) is 17.2 Å². The summed E-state index contributed by atoms with van der Waals surface area (Å²) in [7, 11) is 1.03. The molecule has 0 aliphatic carbocycles. The molecule has 1 aliphatic rings. The zero-order chi connectivity index (χ0) is 24.7. The number of nitrogens with two attached hydrogens (primary N) is 1. The number of methoxy groups -OCH3 is 1. The van der Waals surface area contributed by atoms with E-state index >= 15 is 0 Å². The molecule has 12 heteroatoms. The summed E-state index contributed by atoms with van der Waals surface area (Å²) >= 11 is 0. The number of alkyl halides is 3. The van der Waals surface area contributed by atoms with E-state index in [1.165, 1.54) is 19.2 Å². The van der Waals surface area contributed by atoms with Gasteiger partial charge in [0.05, 0.1) is 7.11 Å². The molecule has 2 aromatic rings. The lowest BCUT2D eigenvalue weighted by molar-refractivity contribution is -0.272. The maximum Gasteiger partial charge on any atom is 0.417 e. The number of pyridine rings is 1. The van der Waals surface area contributed by atoms with Crippen molar-refractivity contribution in [2.24, 2.45) is 11.7 Å². The highest BCUT2D eigenvalue weighted by atomic mass is 19.4. The zero-order valence-electron chi connectivity index (χ0n) is 17.7. The first kappa shape index (κ1) is 24.4. The van der Waals surface area contributed by atoms with Gasteiger partial charge < -0.3 is 20.5 Å². The molecule has 1 saturated heterocycles. The number of halogens is 5. The number of carbonyl (C=O) groups excluding carboxylic acids is 2. The third-order valence-electron chi connectivity index (χ3n) is 5.87. The van der Waals surface area contributed by atoms with Gasteiger partial charge in [-0.2, -0.15) is 17.6 Å². The number of anilines is 1. The number of aromatic nitrogens is 1. The summed E-state index contributed by atoms with van der Waals surface area (Å²) in [5, 5.41) is 2.29. The minimum Gasteiger partial charge on any atom is -0.493 e. The number of ether oxygens (including phenoxy) is 2. The van der Waals surface area contributed by atoms with Crippen molar-refractivity contribution in [2.75, 3.05) is 12.4 Å². The van der Waals surface area contributed by atoms with E-state index in [0.29, 0.717) is 0 Å². The Morgan fingerprint density at radius 1 is 1.24 bits per heavy atom. The second-order valence-electron chi connectivity index (χ2n) is 7.72. The third-order valence-corrected chi connectivity index (χ3v) is 5.87. The normalized spacial score (nSPS) is 25.0. The Balaban J connectivity index is 2.07. The van der Waals surface area contributed by atoms with Crippen LogP contribution in [0.5, 0.6) is 5.75 Å². The van der Waals surface area contributed by atoms with Gasteiger partial charge in [0.1, 0.15) is 11.9 Å². The molecule has 4 atom stereocenters. The molecule has 0 spiro atoms. The monoisotopic (exact) mass is 473 g/mol. The molecular formula is C21H20F5N3O4. The van der Waals surface area contributed by atoms with E-state index in [-0.39, 0.29) is 16.9 Å². The summed E-state index contributed by atoms with van der Waals surface area (Å²) in [4.78, 5) is 28.2. The Kier molecular flexibility index (Phi) is 6.33. The van der Waals surface area contributed by atoms with Gasteiger partial charge in [-0.1, -0.05) is 13.0 Å². The van der Waals surface area contributed by atoms with Gasteiger partial charge in [0.25, 0.3) is 5.91 Å². The number of carbonyl (C=O) groups is 2. The van der Waals surface area contributed by atoms with Gasteiger partial charge in [-0.15, -0.1) is 0 Å². The number of rotatable bonds is 5. The van der Waals surface area contributed by atoms with Gasteiger partial charge >= 0.3 is 6.18 Å².